The monoisotopic (exact) mass is 560 g/mol. The molecule has 0 radical (unpaired) electrons. The maximum atomic E-state index is 12.2. The number of hydrogen-bond donors (Lipinski definition) is 3. The Balaban J connectivity index is 0.00000480. The van der Waals surface area contributed by atoms with Gasteiger partial charge in [-0.2, -0.15) is 0 Å². The molecular weight excluding hydrogens is 527 g/mol. The highest BCUT2D eigenvalue weighted by Gasteiger charge is 2.12. The molecular formula is C22H33IN4O3S. The summed E-state index contributed by atoms with van der Waals surface area (Å²) in [6, 6.07) is 18.5. The third-order valence-corrected chi connectivity index (χ3v) is 5.79. The van der Waals surface area contributed by atoms with Gasteiger partial charge in [0.25, 0.3) is 0 Å². The highest BCUT2D eigenvalue weighted by molar-refractivity contribution is 14.0. The van der Waals surface area contributed by atoms with Crippen molar-refractivity contribution in [3.05, 3.63) is 66.2 Å². The van der Waals surface area contributed by atoms with Gasteiger partial charge in [0.2, 0.25) is 10.0 Å². The van der Waals surface area contributed by atoms with E-state index in [0.29, 0.717) is 25.7 Å². The molecule has 0 aliphatic rings. The highest BCUT2D eigenvalue weighted by atomic mass is 127. The molecule has 2 aromatic rings. The molecule has 0 fully saturated rings. The van der Waals surface area contributed by atoms with Crippen LogP contribution in [-0.2, 0) is 14.8 Å². The van der Waals surface area contributed by atoms with E-state index in [1.165, 1.54) is 0 Å². The van der Waals surface area contributed by atoms with Crippen molar-refractivity contribution in [3.63, 3.8) is 0 Å². The molecule has 172 valence electrons. The van der Waals surface area contributed by atoms with Crippen molar-refractivity contribution in [2.24, 2.45) is 4.99 Å². The van der Waals surface area contributed by atoms with Crippen LogP contribution in [0.1, 0.15) is 31.9 Å². The quantitative estimate of drug-likeness (QED) is 0.160. The molecule has 0 aliphatic carbocycles. The van der Waals surface area contributed by atoms with E-state index in [9.17, 15) is 8.42 Å². The molecule has 0 heterocycles. The number of hydrogen-bond acceptors (Lipinski definition) is 4. The number of guanidine groups is 1. The molecule has 7 nitrogen and oxygen atoms in total. The zero-order chi connectivity index (χ0) is 21.7. The van der Waals surface area contributed by atoms with Gasteiger partial charge in [-0.1, -0.05) is 48.5 Å². The Morgan fingerprint density at radius 1 is 1.00 bits per heavy atom. The summed E-state index contributed by atoms with van der Waals surface area (Å²) < 4.78 is 32.9. The fourth-order valence-electron chi connectivity index (χ4n) is 2.73. The number of halogens is 1. The lowest BCUT2D eigenvalue weighted by Gasteiger charge is -2.14. The van der Waals surface area contributed by atoms with E-state index in [-0.39, 0.29) is 41.5 Å². The second-order valence-corrected chi connectivity index (χ2v) is 8.44. The number of nitrogens with zero attached hydrogens (tertiary/aromatic N) is 1. The van der Waals surface area contributed by atoms with E-state index in [4.69, 9.17) is 4.74 Å². The Morgan fingerprint density at radius 2 is 1.65 bits per heavy atom. The maximum absolute atomic E-state index is 12.2. The van der Waals surface area contributed by atoms with Crippen molar-refractivity contribution in [2.75, 3.05) is 32.8 Å². The SMILES string of the molecule is CCNC(=NCCCOC(C)c1ccccc1)NCCNS(=O)(=O)c1ccccc1.I. The Kier molecular flexibility index (Phi) is 13.4. The van der Waals surface area contributed by atoms with Crippen molar-refractivity contribution in [1.29, 1.82) is 0 Å². The molecule has 0 amide bonds. The van der Waals surface area contributed by atoms with Crippen LogP contribution in [-0.4, -0.2) is 47.2 Å². The third kappa shape index (κ3) is 10.4. The molecule has 2 rings (SSSR count). The van der Waals surface area contributed by atoms with E-state index in [1.54, 1.807) is 30.3 Å². The molecule has 3 N–H and O–H groups in total. The zero-order valence-corrected chi connectivity index (χ0v) is 21.2. The minimum atomic E-state index is -3.49. The average Bonchev–Trinajstić information content (AvgIpc) is 2.77. The second kappa shape index (κ2) is 15.2. The minimum absolute atomic E-state index is 0. The van der Waals surface area contributed by atoms with Crippen molar-refractivity contribution in [1.82, 2.24) is 15.4 Å². The maximum Gasteiger partial charge on any atom is 0.240 e. The van der Waals surface area contributed by atoms with Crippen LogP contribution < -0.4 is 15.4 Å². The van der Waals surface area contributed by atoms with Crippen molar-refractivity contribution in [3.8, 4) is 0 Å². The summed E-state index contributed by atoms with van der Waals surface area (Å²) in [5.41, 5.74) is 1.16. The van der Waals surface area contributed by atoms with E-state index in [2.05, 4.69) is 32.5 Å². The predicted octanol–water partition coefficient (Wildman–Crippen LogP) is 3.31. The Morgan fingerprint density at radius 3 is 2.29 bits per heavy atom. The van der Waals surface area contributed by atoms with Crippen molar-refractivity contribution >= 4 is 40.0 Å². The number of aliphatic imine (C=N–C) groups is 1. The molecule has 1 unspecified atom stereocenters. The second-order valence-electron chi connectivity index (χ2n) is 6.68. The number of benzene rings is 2. The number of sulfonamides is 1. The van der Waals surface area contributed by atoms with Gasteiger partial charge in [-0.15, -0.1) is 24.0 Å². The lowest BCUT2D eigenvalue weighted by molar-refractivity contribution is 0.0652. The summed E-state index contributed by atoms with van der Waals surface area (Å²) in [6.45, 7) is 6.69. The topological polar surface area (TPSA) is 91.8 Å². The van der Waals surface area contributed by atoms with Gasteiger partial charge in [-0.05, 0) is 38.0 Å². The van der Waals surface area contributed by atoms with Crippen LogP contribution in [0.5, 0.6) is 0 Å². The van der Waals surface area contributed by atoms with Crippen molar-refractivity contribution < 1.29 is 13.2 Å². The molecule has 0 aliphatic heterocycles. The van der Waals surface area contributed by atoms with Crippen LogP contribution in [0.4, 0.5) is 0 Å². The predicted molar refractivity (Wildman–Crippen MR) is 136 cm³/mol. The van der Waals surface area contributed by atoms with Crippen LogP contribution >= 0.6 is 24.0 Å². The van der Waals surface area contributed by atoms with Crippen LogP contribution in [0.3, 0.4) is 0 Å². The lowest BCUT2D eigenvalue weighted by Crippen LogP contribution is -2.41. The standard InChI is InChI=1S/C22H32N4O3S.HI/c1-3-23-22(24-15-10-18-29-19(2)20-11-6-4-7-12-20)25-16-17-26-30(27,28)21-13-8-5-9-14-21;/h4-9,11-14,19,26H,3,10,15-18H2,1-2H3,(H2,23,24,25);1H. The van der Waals surface area contributed by atoms with Crippen LogP contribution in [0, 0.1) is 0 Å². The Bertz CT molecular complexity index is 865. The first-order chi connectivity index (χ1) is 14.5. The largest absolute Gasteiger partial charge is 0.374 e. The molecule has 0 bridgehead atoms. The molecule has 0 spiro atoms. The van der Waals surface area contributed by atoms with E-state index in [0.717, 1.165) is 18.5 Å². The smallest absolute Gasteiger partial charge is 0.240 e. The van der Waals surface area contributed by atoms with Gasteiger partial charge < -0.3 is 15.4 Å². The number of rotatable bonds is 12. The van der Waals surface area contributed by atoms with Gasteiger partial charge in [-0.3, -0.25) is 4.99 Å². The van der Waals surface area contributed by atoms with Gasteiger partial charge in [0.05, 0.1) is 11.0 Å². The first-order valence-corrected chi connectivity index (χ1v) is 11.7. The highest BCUT2D eigenvalue weighted by Crippen LogP contribution is 2.15. The summed E-state index contributed by atoms with van der Waals surface area (Å²) in [5, 5.41) is 6.30. The molecule has 31 heavy (non-hydrogen) atoms. The van der Waals surface area contributed by atoms with Gasteiger partial charge >= 0.3 is 0 Å². The molecule has 2 aromatic carbocycles. The van der Waals surface area contributed by atoms with E-state index >= 15 is 0 Å². The fraction of sp³-hybridized carbons (Fsp3) is 0.409. The van der Waals surface area contributed by atoms with Crippen LogP contribution in [0.15, 0.2) is 70.6 Å². The summed E-state index contributed by atoms with van der Waals surface area (Å²) >= 11 is 0. The van der Waals surface area contributed by atoms with Gasteiger partial charge in [0.1, 0.15) is 0 Å². The van der Waals surface area contributed by atoms with Gasteiger partial charge in [-0.25, -0.2) is 13.1 Å². The number of ether oxygens (including phenoxy) is 1. The molecule has 0 saturated carbocycles. The minimum Gasteiger partial charge on any atom is -0.374 e. The van der Waals surface area contributed by atoms with Gasteiger partial charge in [0, 0.05) is 32.8 Å². The van der Waals surface area contributed by atoms with E-state index < -0.39 is 10.0 Å². The molecule has 0 saturated heterocycles. The Labute approximate surface area is 203 Å². The molecule has 1 atom stereocenters. The third-order valence-electron chi connectivity index (χ3n) is 4.32. The molecule has 0 aromatic heterocycles. The van der Waals surface area contributed by atoms with Crippen LogP contribution in [0.25, 0.3) is 0 Å². The van der Waals surface area contributed by atoms with Gasteiger partial charge in [0.15, 0.2) is 5.96 Å². The van der Waals surface area contributed by atoms with E-state index in [1.807, 2.05) is 32.0 Å². The zero-order valence-electron chi connectivity index (χ0n) is 18.1. The summed E-state index contributed by atoms with van der Waals surface area (Å²) in [6.07, 6.45) is 0.855. The van der Waals surface area contributed by atoms with Crippen molar-refractivity contribution in [2.45, 2.75) is 31.3 Å². The molecule has 9 heteroatoms. The summed E-state index contributed by atoms with van der Waals surface area (Å²) in [4.78, 5) is 4.77. The fourth-order valence-corrected chi connectivity index (χ4v) is 3.78. The van der Waals surface area contributed by atoms with Crippen LogP contribution in [0.2, 0.25) is 0 Å². The normalized spacial score (nSPS) is 12.6. The Hall–Kier alpha value is -1.69. The average molecular weight is 561 g/mol. The number of nitrogens with one attached hydrogen (secondary N) is 3. The first kappa shape index (κ1) is 27.3. The lowest BCUT2D eigenvalue weighted by atomic mass is 10.1. The first-order valence-electron chi connectivity index (χ1n) is 10.3. The summed E-state index contributed by atoms with van der Waals surface area (Å²) in [5.74, 6) is 0.660. The summed E-state index contributed by atoms with van der Waals surface area (Å²) in [7, 11) is -3.49.